The van der Waals surface area contributed by atoms with Crippen molar-refractivity contribution in [1.29, 1.82) is 0 Å². The first-order valence-electron chi connectivity index (χ1n) is 7.78. The lowest BCUT2D eigenvalue weighted by molar-refractivity contribution is -0.523. The fraction of sp³-hybridized carbons (Fsp3) is 0.316. The summed E-state index contributed by atoms with van der Waals surface area (Å²) >= 11 is 2.34. The molecule has 0 unspecified atom stereocenters. The molecule has 0 atom stereocenters. The van der Waals surface area contributed by atoms with Gasteiger partial charge in [0.25, 0.3) is 0 Å². The predicted octanol–water partition coefficient (Wildman–Crippen LogP) is 3.54. The lowest BCUT2D eigenvalue weighted by Crippen LogP contribution is -2.24. The van der Waals surface area contributed by atoms with Gasteiger partial charge in [-0.05, 0) is 58.0 Å². The molecule has 2 aromatic carbocycles. The largest absolute Gasteiger partial charge is 0.493 e. The Bertz CT molecular complexity index is 723. The third-order valence-electron chi connectivity index (χ3n) is 4.24. The monoisotopic (exact) mass is 422 g/mol. The Hall–Kier alpha value is -1.56. The zero-order chi connectivity index (χ0) is 16.2. The van der Waals surface area contributed by atoms with Gasteiger partial charge in [-0.2, -0.15) is 0 Å². The van der Waals surface area contributed by atoms with E-state index < -0.39 is 0 Å². The molecule has 0 radical (unpaired) electrons. The summed E-state index contributed by atoms with van der Waals surface area (Å²) in [6, 6.07) is 12.9. The molecule has 120 valence electrons. The SMILES string of the molecule is COc1cc2c(cc1OC)CC[N+](CCc1ccc(I)cc1)=C2. The third kappa shape index (κ3) is 3.86. The first-order chi connectivity index (χ1) is 11.2. The van der Waals surface area contributed by atoms with Crippen molar-refractivity contribution in [3.05, 3.63) is 56.7 Å². The zero-order valence-electron chi connectivity index (χ0n) is 13.5. The number of ether oxygens (including phenoxy) is 2. The van der Waals surface area contributed by atoms with Gasteiger partial charge >= 0.3 is 0 Å². The average molecular weight is 422 g/mol. The van der Waals surface area contributed by atoms with E-state index in [1.54, 1.807) is 14.2 Å². The Balaban J connectivity index is 1.75. The quantitative estimate of drug-likeness (QED) is 0.543. The fourth-order valence-corrected chi connectivity index (χ4v) is 3.26. The van der Waals surface area contributed by atoms with E-state index >= 15 is 0 Å². The highest BCUT2D eigenvalue weighted by molar-refractivity contribution is 14.1. The van der Waals surface area contributed by atoms with Crippen LogP contribution in [0.15, 0.2) is 36.4 Å². The first kappa shape index (κ1) is 16.3. The summed E-state index contributed by atoms with van der Waals surface area (Å²) in [6.45, 7) is 2.08. The van der Waals surface area contributed by atoms with Crippen molar-refractivity contribution in [2.45, 2.75) is 12.8 Å². The molecule has 0 bridgehead atoms. The minimum absolute atomic E-state index is 0.794. The van der Waals surface area contributed by atoms with Crippen molar-refractivity contribution in [3.8, 4) is 11.5 Å². The second-order valence-electron chi connectivity index (χ2n) is 5.70. The van der Waals surface area contributed by atoms with Crippen molar-refractivity contribution >= 4 is 28.8 Å². The van der Waals surface area contributed by atoms with Crippen LogP contribution in [0.4, 0.5) is 0 Å². The smallest absolute Gasteiger partial charge is 0.171 e. The second-order valence-corrected chi connectivity index (χ2v) is 6.94. The molecule has 0 amide bonds. The Morgan fingerprint density at radius 3 is 2.43 bits per heavy atom. The molecule has 1 aliphatic rings. The van der Waals surface area contributed by atoms with Crippen molar-refractivity contribution in [1.82, 2.24) is 0 Å². The van der Waals surface area contributed by atoms with E-state index in [0.717, 1.165) is 37.4 Å². The van der Waals surface area contributed by atoms with Crippen LogP contribution >= 0.6 is 22.6 Å². The number of benzene rings is 2. The molecule has 23 heavy (non-hydrogen) atoms. The molecule has 1 aliphatic heterocycles. The van der Waals surface area contributed by atoms with Crippen LogP contribution in [-0.2, 0) is 12.8 Å². The summed E-state index contributed by atoms with van der Waals surface area (Å²) in [6.07, 6.45) is 4.35. The maximum absolute atomic E-state index is 5.41. The maximum atomic E-state index is 5.41. The number of nitrogens with zero attached hydrogens (tertiary/aromatic N) is 1. The van der Waals surface area contributed by atoms with Gasteiger partial charge in [0.05, 0.1) is 14.2 Å². The fourth-order valence-electron chi connectivity index (χ4n) is 2.90. The molecule has 0 fully saturated rings. The van der Waals surface area contributed by atoms with Crippen LogP contribution in [0, 0.1) is 3.57 Å². The van der Waals surface area contributed by atoms with E-state index in [9.17, 15) is 0 Å². The van der Waals surface area contributed by atoms with Crippen LogP contribution < -0.4 is 9.47 Å². The molecular weight excluding hydrogens is 401 g/mol. The van der Waals surface area contributed by atoms with Crippen LogP contribution in [-0.4, -0.2) is 38.1 Å². The maximum Gasteiger partial charge on any atom is 0.171 e. The van der Waals surface area contributed by atoms with Crippen LogP contribution in [0.5, 0.6) is 11.5 Å². The molecule has 0 N–H and O–H groups in total. The topological polar surface area (TPSA) is 21.5 Å². The highest BCUT2D eigenvalue weighted by Gasteiger charge is 2.19. The van der Waals surface area contributed by atoms with Gasteiger partial charge < -0.3 is 9.47 Å². The van der Waals surface area contributed by atoms with Crippen LogP contribution in [0.2, 0.25) is 0 Å². The van der Waals surface area contributed by atoms with Crippen LogP contribution in [0.25, 0.3) is 0 Å². The Kier molecular flexibility index (Phi) is 5.20. The molecule has 3 rings (SSSR count). The highest BCUT2D eigenvalue weighted by atomic mass is 127. The summed E-state index contributed by atoms with van der Waals surface area (Å²) < 4.78 is 14.5. The molecule has 0 aromatic heterocycles. The van der Waals surface area contributed by atoms with E-state index in [1.807, 2.05) is 0 Å². The summed E-state index contributed by atoms with van der Waals surface area (Å²) in [5, 5.41) is 0. The van der Waals surface area contributed by atoms with Crippen LogP contribution in [0.3, 0.4) is 0 Å². The van der Waals surface area contributed by atoms with E-state index in [2.05, 4.69) is 69.8 Å². The zero-order valence-corrected chi connectivity index (χ0v) is 15.7. The summed E-state index contributed by atoms with van der Waals surface area (Å²) in [4.78, 5) is 0. The average Bonchev–Trinajstić information content (AvgIpc) is 2.59. The molecule has 4 heteroatoms. The predicted molar refractivity (Wildman–Crippen MR) is 101 cm³/mol. The van der Waals surface area contributed by atoms with Crippen molar-refractivity contribution in [2.75, 3.05) is 27.3 Å². The van der Waals surface area contributed by atoms with Crippen molar-refractivity contribution < 1.29 is 14.0 Å². The molecule has 1 heterocycles. The minimum atomic E-state index is 0.794. The molecule has 0 spiro atoms. The lowest BCUT2D eigenvalue weighted by atomic mass is 10.0. The van der Waals surface area contributed by atoms with Gasteiger partial charge in [-0.15, -0.1) is 0 Å². The molecule has 0 saturated heterocycles. The molecular formula is C19H21INO2+. The first-order valence-corrected chi connectivity index (χ1v) is 8.85. The van der Waals surface area contributed by atoms with E-state index in [1.165, 1.54) is 20.3 Å². The van der Waals surface area contributed by atoms with E-state index in [4.69, 9.17) is 9.47 Å². The normalized spacial score (nSPS) is 13.3. The standard InChI is InChI=1S/C19H21INO2/c1-22-18-11-15-8-10-21(13-16(15)12-19(18)23-2)9-7-14-3-5-17(20)6-4-14/h3-6,11-13H,7-10H2,1-2H3/q+1. The summed E-state index contributed by atoms with van der Waals surface area (Å²) in [5.74, 6) is 1.61. The minimum Gasteiger partial charge on any atom is -0.493 e. The number of hydrogen-bond donors (Lipinski definition) is 0. The van der Waals surface area contributed by atoms with Gasteiger partial charge in [-0.1, -0.05) is 12.1 Å². The number of rotatable bonds is 5. The lowest BCUT2D eigenvalue weighted by Gasteiger charge is -2.16. The van der Waals surface area contributed by atoms with E-state index in [-0.39, 0.29) is 0 Å². The van der Waals surface area contributed by atoms with E-state index in [0.29, 0.717) is 0 Å². The second kappa shape index (κ2) is 7.34. The van der Waals surface area contributed by atoms with Gasteiger partial charge in [-0.3, -0.25) is 0 Å². The number of fused-ring (bicyclic) bond motifs is 1. The van der Waals surface area contributed by atoms with Crippen LogP contribution in [0.1, 0.15) is 16.7 Å². The third-order valence-corrected chi connectivity index (χ3v) is 4.96. The van der Waals surface area contributed by atoms with Gasteiger partial charge in [0, 0.05) is 22.0 Å². The molecule has 2 aromatic rings. The number of methoxy groups -OCH3 is 2. The van der Waals surface area contributed by atoms with Crippen molar-refractivity contribution in [2.24, 2.45) is 0 Å². The number of hydrogen-bond acceptors (Lipinski definition) is 2. The number of halogens is 1. The Labute approximate surface area is 151 Å². The van der Waals surface area contributed by atoms with Gasteiger partial charge in [0.1, 0.15) is 13.1 Å². The molecule has 0 aliphatic carbocycles. The highest BCUT2D eigenvalue weighted by Crippen LogP contribution is 2.31. The summed E-state index contributed by atoms with van der Waals surface area (Å²) in [5.41, 5.74) is 3.95. The molecule has 3 nitrogen and oxygen atoms in total. The van der Waals surface area contributed by atoms with Gasteiger partial charge in [-0.25, -0.2) is 4.58 Å². The van der Waals surface area contributed by atoms with Gasteiger partial charge in [0.2, 0.25) is 0 Å². The Morgan fingerprint density at radius 1 is 1.04 bits per heavy atom. The molecule has 0 saturated carbocycles. The van der Waals surface area contributed by atoms with Gasteiger partial charge in [0.15, 0.2) is 17.7 Å². The summed E-state index contributed by atoms with van der Waals surface area (Å²) in [7, 11) is 3.37. The Morgan fingerprint density at radius 2 is 1.74 bits per heavy atom. The van der Waals surface area contributed by atoms with Crippen molar-refractivity contribution in [3.63, 3.8) is 0 Å².